The normalized spacial score (nSPS) is 14.5. The lowest BCUT2D eigenvalue weighted by molar-refractivity contribution is -0.870. The summed E-state index contributed by atoms with van der Waals surface area (Å²) in [5, 5.41) is 0. The van der Waals surface area contributed by atoms with Gasteiger partial charge in [-0.3, -0.25) is 13.8 Å². The highest BCUT2D eigenvalue weighted by Gasteiger charge is 2.26. The largest absolute Gasteiger partial charge is 0.482 e. The van der Waals surface area contributed by atoms with Crippen molar-refractivity contribution in [2.75, 3.05) is 54.1 Å². The van der Waals surface area contributed by atoms with Crippen LogP contribution in [0.3, 0.4) is 0 Å². The molecule has 0 amide bonds. The second-order valence-electron chi connectivity index (χ2n) is 7.27. The zero-order chi connectivity index (χ0) is 22.8. The van der Waals surface area contributed by atoms with Gasteiger partial charge >= 0.3 is 19.8 Å². The van der Waals surface area contributed by atoms with Crippen LogP contribution in [0.5, 0.6) is 5.75 Å². The van der Waals surface area contributed by atoms with Gasteiger partial charge in [-0.1, -0.05) is 0 Å². The van der Waals surface area contributed by atoms with E-state index >= 15 is 0 Å². The number of benzene rings is 1. The van der Waals surface area contributed by atoms with Gasteiger partial charge in [-0.05, 0) is 46.9 Å². The highest BCUT2D eigenvalue weighted by atomic mass is 127. The summed E-state index contributed by atoms with van der Waals surface area (Å²) in [7, 11) is 1.34. The van der Waals surface area contributed by atoms with Crippen LogP contribution in [0.4, 0.5) is 0 Å². The molecule has 0 aliphatic heterocycles. The van der Waals surface area contributed by atoms with Crippen LogP contribution in [0, 0.1) is 3.57 Å². The first-order valence-corrected chi connectivity index (χ1v) is 11.6. The minimum absolute atomic E-state index is 0.00443. The van der Waals surface area contributed by atoms with Crippen molar-refractivity contribution in [2.24, 2.45) is 0 Å². The number of carbonyl (C=O) groups excluding carboxylic acids is 2. The predicted octanol–water partition coefficient (Wildman–Crippen LogP) is 1.98. The number of quaternary nitrogens is 1. The van der Waals surface area contributed by atoms with Crippen molar-refractivity contribution in [3.8, 4) is 5.75 Å². The van der Waals surface area contributed by atoms with E-state index in [1.807, 2.05) is 33.3 Å². The Balaban J connectivity index is 2.54. The first-order valence-electron chi connectivity index (χ1n) is 9.00. The van der Waals surface area contributed by atoms with E-state index in [0.717, 1.165) is 3.57 Å². The number of esters is 2. The van der Waals surface area contributed by atoms with Crippen LogP contribution in [0.1, 0.15) is 6.92 Å². The van der Waals surface area contributed by atoms with Crippen LogP contribution in [-0.4, -0.2) is 81.5 Å². The van der Waals surface area contributed by atoms with E-state index in [4.69, 9.17) is 23.3 Å². The van der Waals surface area contributed by atoms with E-state index in [0.29, 0.717) is 16.8 Å². The molecule has 1 rings (SSSR count). The zero-order valence-electron chi connectivity index (χ0n) is 17.4. The molecule has 0 saturated heterocycles. The van der Waals surface area contributed by atoms with Crippen molar-refractivity contribution < 1.29 is 46.8 Å². The first-order chi connectivity index (χ1) is 13.9. The standard InChI is InChI=1S/C18H27INO9P/c1-14(21)25-11-17(12-28-30(23,24)27-10-9-20(2,3)4)29-18(22)13-26-16-7-5-15(19)6-8-16/h5-8,17H,9-13H2,1-4H3/p+1/t17-/m1/s1. The lowest BCUT2D eigenvalue weighted by Crippen LogP contribution is -2.37. The van der Waals surface area contributed by atoms with Gasteiger partial charge in [0, 0.05) is 10.5 Å². The molecule has 10 nitrogen and oxygen atoms in total. The fourth-order valence-corrected chi connectivity index (χ4v) is 2.97. The number of nitrogens with zero attached hydrogens (tertiary/aromatic N) is 1. The summed E-state index contributed by atoms with van der Waals surface area (Å²) in [6.07, 6.45) is -1.11. The Hall–Kier alpha value is -1.24. The number of hydrogen-bond acceptors (Lipinski definition) is 8. The number of carbonyl (C=O) groups is 2. The Morgan fingerprint density at radius 3 is 2.33 bits per heavy atom. The smallest absolute Gasteiger partial charge is 0.472 e. The van der Waals surface area contributed by atoms with E-state index < -0.39 is 39.1 Å². The van der Waals surface area contributed by atoms with Gasteiger partial charge in [0.25, 0.3) is 0 Å². The van der Waals surface area contributed by atoms with E-state index in [2.05, 4.69) is 22.6 Å². The van der Waals surface area contributed by atoms with Crippen LogP contribution < -0.4 is 4.74 Å². The molecule has 0 radical (unpaired) electrons. The summed E-state index contributed by atoms with van der Waals surface area (Å²) in [6, 6.07) is 7.03. The SMILES string of the molecule is CC(=O)OC[C@H](COP(=O)(O)OCC[N+](C)(C)C)OC(=O)COc1ccc(I)cc1. The maximum Gasteiger partial charge on any atom is 0.472 e. The van der Waals surface area contributed by atoms with E-state index in [1.165, 1.54) is 6.92 Å². The summed E-state index contributed by atoms with van der Waals surface area (Å²) < 4.78 is 38.6. The predicted molar refractivity (Wildman–Crippen MR) is 116 cm³/mol. The maximum absolute atomic E-state index is 12.0. The molecule has 0 spiro atoms. The van der Waals surface area contributed by atoms with Crippen molar-refractivity contribution >= 4 is 42.4 Å². The van der Waals surface area contributed by atoms with Gasteiger partial charge in [-0.15, -0.1) is 0 Å². The van der Waals surface area contributed by atoms with Crippen LogP contribution in [-0.2, 0) is 32.7 Å². The molecular weight excluding hydrogens is 532 g/mol. The zero-order valence-corrected chi connectivity index (χ0v) is 20.5. The van der Waals surface area contributed by atoms with Crippen LogP contribution in [0.15, 0.2) is 24.3 Å². The average Bonchev–Trinajstić information content (AvgIpc) is 2.62. The van der Waals surface area contributed by atoms with Crippen molar-refractivity contribution in [1.29, 1.82) is 0 Å². The summed E-state index contributed by atoms with van der Waals surface area (Å²) in [5.41, 5.74) is 0. The number of hydrogen-bond donors (Lipinski definition) is 1. The Bertz CT molecular complexity index is 736. The second-order valence-corrected chi connectivity index (χ2v) is 9.97. The van der Waals surface area contributed by atoms with Gasteiger partial charge in [0.05, 0.1) is 27.7 Å². The highest BCUT2D eigenvalue weighted by molar-refractivity contribution is 14.1. The molecule has 0 saturated carbocycles. The number of rotatable bonds is 13. The maximum atomic E-state index is 12.0. The fourth-order valence-electron chi connectivity index (χ4n) is 1.86. The van der Waals surface area contributed by atoms with Gasteiger partial charge in [-0.25, -0.2) is 9.36 Å². The number of ether oxygens (including phenoxy) is 3. The van der Waals surface area contributed by atoms with Crippen molar-refractivity contribution in [2.45, 2.75) is 13.0 Å². The molecule has 1 aromatic carbocycles. The minimum atomic E-state index is -4.36. The lowest BCUT2D eigenvalue weighted by Gasteiger charge is -2.24. The number of phosphoric ester groups is 1. The molecule has 0 aliphatic carbocycles. The van der Waals surface area contributed by atoms with Crippen molar-refractivity contribution in [1.82, 2.24) is 0 Å². The van der Waals surface area contributed by atoms with Gasteiger partial charge in [0.1, 0.15) is 25.5 Å². The molecule has 2 atom stereocenters. The second kappa shape index (κ2) is 12.6. The molecular formula is C18H28INO9P+. The van der Waals surface area contributed by atoms with Gasteiger partial charge < -0.3 is 23.6 Å². The van der Waals surface area contributed by atoms with E-state index in [1.54, 1.807) is 12.1 Å². The van der Waals surface area contributed by atoms with Crippen molar-refractivity contribution in [3.05, 3.63) is 27.8 Å². The third-order valence-electron chi connectivity index (χ3n) is 3.38. The summed E-state index contributed by atoms with van der Waals surface area (Å²) in [6.45, 7) is 0.424. The van der Waals surface area contributed by atoms with Crippen molar-refractivity contribution in [3.63, 3.8) is 0 Å². The lowest BCUT2D eigenvalue weighted by atomic mass is 10.3. The van der Waals surface area contributed by atoms with E-state index in [9.17, 15) is 19.0 Å². The van der Waals surface area contributed by atoms with E-state index in [-0.39, 0.29) is 13.2 Å². The molecule has 1 unspecified atom stereocenters. The van der Waals surface area contributed by atoms with Crippen LogP contribution >= 0.6 is 30.4 Å². The molecule has 170 valence electrons. The average molecular weight is 560 g/mol. The van der Waals surface area contributed by atoms with Crippen LogP contribution in [0.2, 0.25) is 0 Å². The summed E-state index contributed by atoms with van der Waals surface area (Å²) in [4.78, 5) is 32.9. The molecule has 1 aromatic rings. The van der Waals surface area contributed by atoms with Gasteiger partial charge in [-0.2, -0.15) is 0 Å². The van der Waals surface area contributed by atoms with Gasteiger partial charge in [0.15, 0.2) is 12.7 Å². The highest BCUT2D eigenvalue weighted by Crippen LogP contribution is 2.43. The Kier molecular flexibility index (Phi) is 11.2. The molecule has 30 heavy (non-hydrogen) atoms. The quantitative estimate of drug-likeness (QED) is 0.167. The third-order valence-corrected chi connectivity index (χ3v) is 5.08. The Labute approximate surface area is 189 Å². The van der Waals surface area contributed by atoms with Crippen LogP contribution in [0.25, 0.3) is 0 Å². The number of phosphoric acid groups is 1. The Morgan fingerprint density at radius 2 is 1.77 bits per heavy atom. The molecule has 0 fully saturated rings. The molecule has 12 heteroatoms. The minimum Gasteiger partial charge on any atom is -0.482 e. The van der Waals surface area contributed by atoms with Gasteiger partial charge in [0.2, 0.25) is 0 Å². The molecule has 0 heterocycles. The monoisotopic (exact) mass is 560 g/mol. The summed E-state index contributed by atoms with van der Waals surface area (Å²) in [5.74, 6) is -0.878. The molecule has 1 N–H and O–H groups in total. The number of halogens is 1. The number of likely N-dealkylation sites (N-methyl/N-ethyl adjacent to an activating group) is 1. The first kappa shape index (κ1) is 26.8. The molecule has 0 bridgehead atoms. The molecule has 0 aromatic heterocycles. The third kappa shape index (κ3) is 13.1. The Morgan fingerprint density at radius 1 is 1.13 bits per heavy atom. The molecule has 0 aliphatic rings. The fraction of sp³-hybridized carbons (Fsp3) is 0.556. The topological polar surface area (TPSA) is 118 Å². The summed E-state index contributed by atoms with van der Waals surface area (Å²) >= 11 is 2.14.